The van der Waals surface area contributed by atoms with Gasteiger partial charge in [-0.25, -0.2) is 14.4 Å². The van der Waals surface area contributed by atoms with Gasteiger partial charge >= 0.3 is 5.92 Å². The van der Waals surface area contributed by atoms with Gasteiger partial charge in [0.25, 0.3) is 0 Å². The number of rotatable bonds is 10. The second-order valence-corrected chi connectivity index (χ2v) is 23.2. The number of benzene rings is 2. The van der Waals surface area contributed by atoms with Crippen molar-refractivity contribution < 1.29 is 22.2 Å². The third-order valence-corrected chi connectivity index (χ3v) is 17.7. The van der Waals surface area contributed by atoms with Crippen LogP contribution >= 0.6 is 7.14 Å². The third-order valence-electron chi connectivity index (χ3n) is 10.2. The van der Waals surface area contributed by atoms with Crippen LogP contribution in [0.15, 0.2) is 60.8 Å². The summed E-state index contributed by atoms with van der Waals surface area (Å²) in [6.07, 6.45) is 2.62. The summed E-state index contributed by atoms with van der Waals surface area (Å²) in [4.78, 5) is 16.0. The summed E-state index contributed by atoms with van der Waals surface area (Å²) in [5.74, 6) is -3.76. The van der Waals surface area contributed by atoms with Crippen LogP contribution in [0.4, 0.5) is 19.0 Å². The average Bonchev–Trinajstić information content (AvgIpc) is 3.01. The highest BCUT2D eigenvalue weighted by atomic mass is 31.2. The summed E-state index contributed by atoms with van der Waals surface area (Å²) in [5.41, 5.74) is -0.323. The number of alkyl halides is 2. The topological polar surface area (TPSA) is 80.2 Å². The van der Waals surface area contributed by atoms with E-state index in [1.807, 2.05) is 52.1 Å². The van der Waals surface area contributed by atoms with Crippen molar-refractivity contribution in [2.45, 2.75) is 90.7 Å². The molecule has 1 saturated heterocycles. The Kier molecular flexibility index (Phi) is 10.3. The Bertz CT molecular complexity index is 1850. The molecule has 2 aromatic carbocycles. The summed E-state index contributed by atoms with van der Waals surface area (Å²) >= 11 is 0. The number of pyridine rings is 1. The maximum absolute atomic E-state index is 16.2. The average molecular weight is 712 g/mol. The fourth-order valence-electron chi connectivity index (χ4n) is 6.12. The van der Waals surface area contributed by atoms with E-state index in [9.17, 15) is 4.57 Å². The highest BCUT2D eigenvalue weighted by Crippen LogP contribution is 2.49. The van der Waals surface area contributed by atoms with Crippen LogP contribution in [0.3, 0.4) is 0 Å². The molecule has 1 atom stereocenters. The lowest BCUT2D eigenvalue weighted by atomic mass is 9.91. The molecule has 0 radical (unpaired) electrons. The number of nitrogens with zero attached hydrogens (tertiary/aromatic N) is 4. The van der Waals surface area contributed by atoms with Crippen molar-refractivity contribution in [2.24, 2.45) is 0 Å². The number of aromatic nitrogens is 3. The smallest absolute Gasteiger partial charge is 0.302 e. The zero-order chi connectivity index (χ0) is 36.0. The molecule has 2 aromatic heterocycles. The lowest BCUT2D eigenvalue weighted by Crippen LogP contribution is -2.54. The van der Waals surface area contributed by atoms with Gasteiger partial charge in [-0.3, -0.25) is 9.88 Å². The number of halogens is 3. The molecule has 7 nitrogen and oxygen atoms in total. The van der Waals surface area contributed by atoms with E-state index in [0.29, 0.717) is 53.4 Å². The molecule has 0 saturated carbocycles. The van der Waals surface area contributed by atoms with Gasteiger partial charge in [0.15, 0.2) is 8.32 Å². The van der Waals surface area contributed by atoms with Gasteiger partial charge in [-0.05, 0) is 63.5 Å². The monoisotopic (exact) mass is 711 g/mol. The van der Waals surface area contributed by atoms with Crippen LogP contribution in [0.2, 0.25) is 18.1 Å². The second kappa shape index (κ2) is 13.5. The largest absolute Gasteiger partial charge is 0.405 e. The first-order chi connectivity index (χ1) is 22.7. The van der Waals surface area contributed by atoms with Crippen LogP contribution in [0.5, 0.6) is 0 Å². The molecule has 264 valence electrons. The maximum Gasteiger partial charge on any atom is 0.302 e. The molecule has 0 bridgehead atoms. The van der Waals surface area contributed by atoms with Crippen molar-refractivity contribution >= 4 is 37.6 Å². The minimum Gasteiger partial charge on any atom is -0.405 e. The summed E-state index contributed by atoms with van der Waals surface area (Å²) in [7, 11) is -5.42. The molecular formula is C37H49F3N5O2PSi. The first kappa shape index (κ1) is 37.1. The van der Waals surface area contributed by atoms with Crippen LogP contribution < -0.4 is 10.8 Å². The molecule has 0 amide bonds. The van der Waals surface area contributed by atoms with Crippen LogP contribution in [0.1, 0.15) is 70.1 Å². The Hall–Kier alpha value is -3.11. The van der Waals surface area contributed by atoms with Gasteiger partial charge in [0, 0.05) is 42.9 Å². The molecule has 0 aliphatic carbocycles. The zero-order valence-electron chi connectivity index (χ0n) is 30.1. The number of aryl methyl sites for hydroxylation is 1. The first-order valence-corrected chi connectivity index (χ1v) is 21.9. The SMILES string of the molecule is Cc1nc(N[C@H](C)c2cccc(C(F)(F)C(C)(C)O[Si](C)(C)C(C)(C)C)c2F)c2cc(P3(=O)CCN(Cc4ccccc4)CC3)ncc2n1. The highest BCUT2D eigenvalue weighted by molar-refractivity contribution is 7.71. The van der Waals surface area contributed by atoms with Crippen molar-refractivity contribution in [3.05, 3.63) is 89.1 Å². The van der Waals surface area contributed by atoms with Gasteiger partial charge in [-0.2, -0.15) is 8.78 Å². The predicted molar refractivity (Wildman–Crippen MR) is 195 cm³/mol. The summed E-state index contributed by atoms with van der Waals surface area (Å²) in [6.45, 7) is 18.0. The maximum atomic E-state index is 16.2. The fraction of sp³-hybridized carbons (Fsp3) is 0.486. The van der Waals surface area contributed by atoms with Crippen LogP contribution in [0, 0.1) is 12.7 Å². The number of hydrogen-bond donors (Lipinski definition) is 1. The van der Waals surface area contributed by atoms with Gasteiger partial charge in [-0.15, -0.1) is 0 Å². The van der Waals surface area contributed by atoms with E-state index in [1.54, 1.807) is 26.1 Å². The standard InChI is InChI=1S/C37H49F3N5O2PSi/c1-25(28-16-13-17-30(33(28)38)37(39,40)36(6,7)47-49(8,9)35(3,4)5)42-34-29-22-32(41-23-31(29)43-26(2)44-34)48(46)20-18-45(19-21-48)24-27-14-11-10-12-15-27/h10-17,22-23,25H,18-21,24H2,1-9H3,(H,42,43,44)/t25-/m1/s1. The van der Waals surface area contributed by atoms with Gasteiger partial charge in [-0.1, -0.05) is 63.2 Å². The lowest BCUT2D eigenvalue weighted by molar-refractivity contribution is -0.162. The van der Waals surface area contributed by atoms with E-state index >= 15 is 13.2 Å². The van der Waals surface area contributed by atoms with E-state index in [0.717, 1.165) is 12.6 Å². The van der Waals surface area contributed by atoms with Gasteiger partial charge in [0.05, 0.1) is 23.3 Å². The predicted octanol–water partition coefficient (Wildman–Crippen LogP) is 9.04. The molecule has 1 aliphatic rings. The van der Waals surface area contributed by atoms with Crippen molar-refractivity contribution in [3.63, 3.8) is 0 Å². The molecule has 0 spiro atoms. The third kappa shape index (κ3) is 7.65. The van der Waals surface area contributed by atoms with Crippen molar-refractivity contribution in [1.82, 2.24) is 19.9 Å². The number of nitrogens with one attached hydrogen (secondary N) is 1. The van der Waals surface area contributed by atoms with Gasteiger partial charge < -0.3 is 14.3 Å². The molecule has 1 fully saturated rings. The first-order valence-electron chi connectivity index (χ1n) is 16.9. The molecule has 4 aromatic rings. The molecule has 12 heteroatoms. The van der Waals surface area contributed by atoms with E-state index in [-0.39, 0.29) is 10.6 Å². The number of fused-ring (bicyclic) bond motifs is 1. The molecule has 49 heavy (non-hydrogen) atoms. The Morgan fingerprint density at radius 3 is 2.29 bits per heavy atom. The van der Waals surface area contributed by atoms with Crippen LogP contribution in [-0.2, 0) is 21.5 Å². The Morgan fingerprint density at radius 1 is 1.00 bits per heavy atom. The van der Waals surface area contributed by atoms with E-state index in [4.69, 9.17) is 4.43 Å². The minimum absolute atomic E-state index is 0.0672. The normalized spacial score (nSPS) is 16.9. The van der Waals surface area contributed by atoms with Crippen LogP contribution in [0.25, 0.3) is 10.9 Å². The summed E-state index contributed by atoms with van der Waals surface area (Å²) < 4.78 is 69.0. The molecule has 0 unspecified atom stereocenters. The molecule has 1 aliphatic heterocycles. The van der Waals surface area contributed by atoms with E-state index < -0.39 is 44.4 Å². The summed E-state index contributed by atoms with van der Waals surface area (Å²) in [6, 6.07) is 15.3. The Morgan fingerprint density at radius 2 is 1.65 bits per heavy atom. The summed E-state index contributed by atoms with van der Waals surface area (Å²) in [5, 5.41) is 3.54. The van der Waals surface area contributed by atoms with Crippen LogP contribution in [-0.4, -0.2) is 59.2 Å². The van der Waals surface area contributed by atoms with Crippen molar-refractivity contribution in [1.29, 1.82) is 0 Å². The van der Waals surface area contributed by atoms with Gasteiger partial charge in [0.2, 0.25) is 0 Å². The quantitative estimate of drug-likeness (QED) is 0.130. The molecule has 5 rings (SSSR count). The zero-order valence-corrected chi connectivity index (χ0v) is 32.0. The molecule has 1 N–H and O–H groups in total. The van der Waals surface area contributed by atoms with E-state index in [1.165, 1.54) is 31.5 Å². The van der Waals surface area contributed by atoms with Crippen molar-refractivity contribution in [2.75, 3.05) is 30.7 Å². The van der Waals surface area contributed by atoms with E-state index in [2.05, 4.69) is 37.3 Å². The second-order valence-electron chi connectivity index (χ2n) is 15.3. The number of hydrogen-bond acceptors (Lipinski definition) is 7. The lowest BCUT2D eigenvalue weighted by Gasteiger charge is -2.45. The van der Waals surface area contributed by atoms with Gasteiger partial charge in [0.1, 0.15) is 35.6 Å². The Labute approximate surface area is 289 Å². The Balaban J connectivity index is 1.40. The molecular weight excluding hydrogens is 662 g/mol. The minimum atomic E-state index is -3.62. The number of anilines is 1. The van der Waals surface area contributed by atoms with Crippen molar-refractivity contribution in [3.8, 4) is 0 Å². The fourth-order valence-corrected chi connectivity index (χ4v) is 10.4. The highest BCUT2D eigenvalue weighted by Gasteiger charge is 2.55. The molecule has 3 heterocycles.